The largest absolute Gasteiger partial charge is 0.379 e. The average molecular weight is 190 g/mol. The van der Waals surface area contributed by atoms with E-state index in [0.717, 1.165) is 13.2 Å². The summed E-state index contributed by atoms with van der Waals surface area (Å²) in [5.41, 5.74) is 4.03. The first kappa shape index (κ1) is 9.44. The summed E-state index contributed by atoms with van der Waals surface area (Å²) in [6.07, 6.45) is 4.39. The molecule has 2 nitrogen and oxygen atoms in total. The lowest BCUT2D eigenvalue weighted by Gasteiger charge is -2.10. The lowest BCUT2D eigenvalue weighted by Crippen LogP contribution is -3.02. The van der Waals surface area contributed by atoms with Crippen LogP contribution in [0.15, 0.2) is 24.4 Å². The molecule has 0 saturated carbocycles. The lowest BCUT2D eigenvalue weighted by atomic mass is 10.1. The fourth-order valence-electron chi connectivity index (χ4n) is 1.82. The Morgan fingerprint density at radius 1 is 1.36 bits per heavy atom. The standard InChI is InChI=1S/C12H15NO/c1-10-3-4-12-11(9-10)5-6-13(12)7-8-14-2/h3-6,9H,7-8H2,1-2H3/p+1. The van der Waals surface area contributed by atoms with E-state index in [1.807, 2.05) is 0 Å². The normalized spacial score (nSPS) is 18.6. The van der Waals surface area contributed by atoms with E-state index >= 15 is 0 Å². The Kier molecular flexibility index (Phi) is 2.66. The van der Waals surface area contributed by atoms with Crippen LogP contribution in [0.25, 0.3) is 6.08 Å². The van der Waals surface area contributed by atoms with E-state index in [2.05, 4.69) is 37.4 Å². The number of hydrogen-bond acceptors (Lipinski definition) is 1. The molecule has 0 aliphatic carbocycles. The fourth-order valence-corrected chi connectivity index (χ4v) is 1.82. The zero-order valence-corrected chi connectivity index (χ0v) is 8.71. The Balaban J connectivity index is 2.18. The van der Waals surface area contributed by atoms with Gasteiger partial charge < -0.3 is 4.74 Å². The van der Waals surface area contributed by atoms with Gasteiger partial charge >= 0.3 is 0 Å². The first-order valence-corrected chi connectivity index (χ1v) is 4.95. The van der Waals surface area contributed by atoms with Crippen molar-refractivity contribution >= 4 is 11.8 Å². The minimum atomic E-state index is 0.799. The summed E-state index contributed by atoms with van der Waals surface area (Å²) in [6, 6.07) is 6.60. The van der Waals surface area contributed by atoms with E-state index in [0.29, 0.717) is 0 Å². The molecule has 1 aliphatic rings. The third kappa shape index (κ3) is 1.72. The first-order chi connectivity index (χ1) is 6.81. The van der Waals surface area contributed by atoms with Crippen LogP contribution in [0.1, 0.15) is 11.1 Å². The Hall–Kier alpha value is -1.12. The summed E-state index contributed by atoms with van der Waals surface area (Å²) in [5, 5.41) is 0. The van der Waals surface area contributed by atoms with Gasteiger partial charge in [0.15, 0.2) is 0 Å². The number of fused-ring (bicyclic) bond motifs is 1. The molecular weight excluding hydrogens is 174 g/mol. The second-order valence-corrected chi connectivity index (χ2v) is 3.69. The number of benzene rings is 1. The highest BCUT2D eigenvalue weighted by atomic mass is 16.5. The number of ether oxygens (including phenoxy) is 1. The summed E-state index contributed by atoms with van der Waals surface area (Å²) in [4.78, 5) is 1.39. The molecule has 1 N–H and O–H groups in total. The van der Waals surface area contributed by atoms with Gasteiger partial charge in [0.05, 0.1) is 6.61 Å². The van der Waals surface area contributed by atoms with E-state index in [9.17, 15) is 0 Å². The van der Waals surface area contributed by atoms with E-state index in [-0.39, 0.29) is 0 Å². The number of hydrogen-bond donors (Lipinski definition) is 1. The van der Waals surface area contributed by atoms with Gasteiger partial charge in [-0.1, -0.05) is 11.6 Å². The monoisotopic (exact) mass is 190 g/mol. The van der Waals surface area contributed by atoms with Crippen molar-refractivity contribution in [1.29, 1.82) is 0 Å². The molecule has 1 heterocycles. The Bertz CT molecular complexity index is 357. The molecule has 0 bridgehead atoms. The number of quaternary nitrogens is 1. The summed E-state index contributed by atoms with van der Waals surface area (Å²) in [5.74, 6) is 0. The highest BCUT2D eigenvalue weighted by Crippen LogP contribution is 2.18. The quantitative estimate of drug-likeness (QED) is 0.754. The van der Waals surface area contributed by atoms with Crippen molar-refractivity contribution in [2.45, 2.75) is 6.92 Å². The van der Waals surface area contributed by atoms with Crippen molar-refractivity contribution in [2.75, 3.05) is 20.3 Å². The maximum absolute atomic E-state index is 5.09. The maximum atomic E-state index is 5.09. The topological polar surface area (TPSA) is 13.7 Å². The Morgan fingerprint density at radius 2 is 2.21 bits per heavy atom. The van der Waals surface area contributed by atoms with Crippen LogP contribution in [0.3, 0.4) is 0 Å². The third-order valence-electron chi connectivity index (χ3n) is 2.59. The smallest absolute Gasteiger partial charge is 0.143 e. The van der Waals surface area contributed by atoms with Crippen molar-refractivity contribution in [1.82, 2.24) is 0 Å². The van der Waals surface area contributed by atoms with Crippen LogP contribution in [0.4, 0.5) is 5.69 Å². The first-order valence-electron chi connectivity index (χ1n) is 4.95. The minimum Gasteiger partial charge on any atom is -0.379 e. The molecule has 2 rings (SSSR count). The highest BCUT2D eigenvalue weighted by molar-refractivity contribution is 5.64. The SMILES string of the molecule is COCC[NH+]1C=Cc2cc(C)ccc21. The lowest BCUT2D eigenvalue weighted by molar-refractivity contribution is -0.772. The molecule has 0 fully saturated rings. The highest BCUT2D eigenvalue weighted by Gasteiger charge is 2.18. The molecule has 0 aromatic heterocycles. The van der Waals surface area contributed by atoms with Gasteiger partial charge in [-0.3, -0.25) is 4.90 Å². The molecule has 0 amide bonds. The predicted molar refractivity (Wildman–Crippen MR) is 57.6 cm³/mol. The van der Waals surface area contributed by atoms with Gasteiger partial charge in [-0.15, -0.1) is 0 Å². The minimum absolute atomic E-state index is 0.799. The van der Waals surface area contributed by atoms with Crippen LogP contribution >= 0.6 is 0 Å². The summed E-state index contributed by atoms with van der Waals surface area (Å²) >= 11 is 0. The summed E-state index contributed by atoms with van der Waals surface area (Å²) in [6.45, 7) is 3.93. The molecule has 1 aliphatic heterocycles. The van der Waals surface area contributed by atoms with Gasteiger partial charge in [-0.25, -0.2) is 0 Å². The van der Waals surface area contributed by atoms with Crippen LogP contribution in [0, 0.1) is 6.92 Å². The maximum Gasteiger partial charge on any atom is 0.143 e. The number of rotatable bonds is 3. The van der Waals surface area contributed by atoms with Crippen LogP contribution in [0.2, 0.25) is 0 Å². The Morgan fingerprint density at radius 3 is 3.00 bits per heavy atom. The van der Waals surface area contributed by atoms with Crippen molar-refractivity contribution in [2.24, 2.45) is 0 Å². The van der Waals surface area contributed by atoms with Gasteiger partial charge in [0.1, 0.15) is 18.4 Å². The van der Waals surface area contributed by atoms with Crippen molar-refractivity contribution in [3.8, 4) is 0 Å². The van der Waals surface area contributed by atoms with E-state index in [4.69, 9.17) is 4.74 Å². The average Bonchev–Trinajstić information content (AvgIpc) is 2.57. The molecule has 1 atom stereocenters. The molecule has 2 heteroatoms. The van der Waals surface area contributed by atoms with Gasteiger partial charge in [0.25, 0.3) is 0 Å². The Labute approximate surface area is 84.8 Å². The molecular formula is C12H16NO+. The molecule has 1 aromatic rings. The van der Waals surface area contributed by atoms with Crippen LogP contribution in [0.5, 0.6) is 0 Å². The van der Waals surface area contributed by atoms with Crippen molar-refractivity contribution in [3.05, 3.63) is 35.5 Å². The van der Waals surface area contributed by atoms with E-state index in [1.54, 1.807) is 7.11 Å². The molecule has 1 aromatic carbocycles. The van der Waals surface area contributed by atoms with Crippen LogP contribution < -0.4 is 4.90 Å². The zero-order valence-electron chi connectivity index (χ0n) is 8.71. The number of aryl methyl sites for hydroxylation is 1. The summed E-state index contributed by atoms with van der Waals surface area (Å²) in [7, 11) is 1.75. The van der Waals surface area contributed by atoms with Gasteiger partial charge in [-0.2, -0.15) is 0 Å². The van der Waals surface area contributed by atoms with Crippen LogP contribution in [-0.4, -0.2) is 20.3 Å². The summed E-state index contributed by atoms with van der Waals surface area (Å²) < 4.78 is 5.09. The molecule has 0 saturated heterocycles. The predicted octanol–water partition coefficient (Wildman–Crippen LogP) is 1.14. The fraction of sp³-hybridized carbons (Fsp3) is 0.333. The second-order valence-electron chi connectivity index (χ2n) is 3.69. The van der Waals surface area contributed by atoms with Gasteiger partial charge in [-0.05, 0) is 13.0 Å². The van der Waals surface area contributed by atoms with Crippen LogP contribution in [-0.2, 0) is 4.74 Å². The van der Waals surface area contributed by atoms with Gasteiger partial charge in [0, 0.05) is 24.8 Å². The molecule has 1 unspecified atom stereocenters. The molecule has 0 radical (unpaired) electrons. The van der Waals surface area contributed by atoms with Crippen molar-refractivity contribution in [3.63, 3.8) is 0 Å². The second kappa shape index (κ2) is 3.95. The third-order valence-corrected chi connectivity index (χ3v) is 2.59. The molecule has 0 spiro atoms. The number of nitrogens with one attached hydrogen (secondary N) is 1. The van der Waals surface area contributed by atoms with E-state index in [1.165, 1.54) is 21.7 Å². The van der Waals surface area contributed by atoms with Gasteiger partial charge in [0.2, 0.25) is 0 Å². The molecule has 74 valence electrons. The van der Waals surface area contributed by atoms with Crippen molar-refractivity contribution < 1.29 is 9.64 Å². The zero-order chi connectivity index (χ0) is 9.97. The molecule has 14 heavy (non-hydrogen) atoms. The van der Waals surface area contributed by atoms with E-state index < -0.39 is 0 Å². The number of methoxy groups -OCH3 is 1.